The standard InChI is InChI=1S/C29H39N3O7/c1-18(2)13-23(26(34)31-25(28(36)37)16-21-11-8-12-22(33)15-21)30-27(35)24(14-19(3)4)32-29(38)39-17-20-9-6-5-7-10-20/h5-12,15,18-19,23-25,33H,13-14,16-17H2,1-4H3,(H,30,35)(H,31,34)(H,32,38)(H,36,37)/t23-,24+,25?/m0/s1. The Morgan fingerprint density at radius 2 is 1.28 bits per heavy atom. The van der Waals surface area contributed by atoms with Crippen molar-refractivity contribution in [1.29, 1.82) is 0 Å². The molecule has 2 rings (SSSR count). The average molecular weight is 542 g/mol. The zero-order chi connectivity index (χ0) is 28.9. The largest absolute Gasteiger partial charge is 0.508 e. The lowest BCUT2D eigenvalue weighted by molar-refractivity contribution is -0.142. The van der Waals surface area contributed by atoms with E-state index in [2.05, 4.69) is 16.0 Å². The van der Waals surface area contributed by atoms with E-state index in [-0.39, 0.29) is 37.0 Å². The first-order valence-electron chi connectivity index (χ1n) is 13.0. The third-order valence-corrected chi connectivity index (χ3v) is 5.83. The number of alkyl carbamates (subject to hydrolysis) is 1. The van der Waals surface area contributed by atoms with Crippen LogP contribution in [0.4, 0.5) is 4.79 Å². The van der Waals surface area contributed by atoms with Gasteiger partial charge in [0.05, 0.1) is 0 Å². The van der Waals surface area contributed by atoms with Gasteiger partial charge in [-0.15, -0.1) is 0 Å². The summed E-state index contributed by atoms with van der Waals surface area (Å²) in [5.41, 5.74) is 1.33. The number of benzene rings is 2. The van der Waals surface area contributed by atoms with E-state index >= 15 is 0 Å². The van der Waals surface area contributed by atoms with Crippen molar-refractivity contribution in [1.82, 2.24) is 16.0 Å². The van der Waals surface area contributed by atoms with E-state index in [0.717, 1.165) is 5.56 Å². The third kappa shape index (κ3) is 11.5. The number of nitrogens with one attached hydrogen (secondary N) is 3. The molecule has 2 aromatic carbocycles. The van der Waals surface area contributed by atoms with Crippen molar-refractivity contribution >= 4 is 23.9 Å². The maximum atomic E-state index is 13.2. The van der Waals surface area contributed by atoms with Gasteiger partial charge in [0.25, 0.3) is 0 Å². The second-order valence-electron chi connectivity index (χ2n) is 10.4. The van der Waals surface area contributed by atoms with Crippen LogP contribution >= 0.6 is 0 Å². The Morgan fingerprint density at radius 3 is 1.82 bits per heavy atom. The van der Waals surface area contributed by atoms with Crippen LogP contribution in [0, 0.1) is 11.8 Å². The lowest BCUT2D eigenvalue weighted by atomic mass is 9.99. The van der Waals surface area contributed by atoms with Gasteiger partial charge in [-0.05, 0) is 47.9 Å². The van der Waals surface area contributed by atoms with Crippen molar-refractivity contribution < 1.29 is 34.1 Å². The number of hydrogen-bond donors (Lipinski definition) is 5. The summed E-state index contributed by atoms with van der Waals surface area (Å²) in [6.45, 7) is 7.58. The number of hydrogen-bond acceptors (Lipinski definition) is 6. The number of carbonyl (C=O) groups excluding carboxylic acids is 3. The molecule has 10 nitrogen and oxygen atoms in total. The molecule has 0 aliphatic rings. The first kappa shape index (κ1) is 31.1. The Balaban J connectivity index is 2.09. The summed E-state index contributed by atoms with van der Waals surface area (Å²) >= 11 is 0. The van der Waals surface area contributed by atoms with E-state index in [1.807, 2.05) is 58.0 Å². The molecular formula is C29H39N3O7. The van der Waals surface area contributed by atoms with Crippen LogP contribution in [0.15, 0.2) is 54.6 Å². The second kappa shape index (κ2) is 15.4. The molecule has 0 spiro atoms. The number of phenolic OH excluding ortho intramolecular Hbond substituents is 1. The number of carboxylic acid groups (broad SMARTS) is 1. The predicted octanol–water partition coefficient (Wildman–Crippen LogP) is 3.38. The molecule has 0 aromatic heterocycles. The topological polar surface area (TPSA) is 154 Å². The molecule has 0 aliphatic carbocycles. The van der Waals surface area contributed by atoms with Crippen molar-refractivity contribution in [2.24, 2.45) is 11.8 Å². The lowest BCUT2D eigenvalue weighted by Gasteiger charge is -2.26. The van der Waals surface area contributed by atoms with Crippen molar-refractivity contribution in [3.63, 3.8) is 0 Å². The molecule has 0 radical (unpaired) electrons. The molecule has 0 aliphatic heterocycles. The number of amides is 3. The Kier molecular flexibility index (Phi) is 12.3. The Bertz CT molecular complexity index is 1110. The molecule has 212 valence electrons. The quantitative estimate of drug-likeness (QED) is 0.246. The zero-order valence-electron chi connectivity index (χ0n) is 22.8. The fourth-order valence-corrected chi connectivity index (χ4v) is 3.98. The summed E-state index contributed by atoms with van der Waals surface area (Å²) in [7, 11) is 0. The summed E-state index contributed by atoms with van der Waals surface area (Å²) in [5, 5.41) is 27.2. The van der Waals surface area contributed by atoms with Crippen LogP contribution in [0.3, 0.4) is 0 Å². The number of phenols is 1. The predicted molar refractivity (Wildman–Crippen MR) is 146 cm³/mol. The summed E-state index contributed by atoms with van der Waals surface area (Å²) in [5.74, 6) is -2.43. The highest BCUT2D eigenvalue weighted by atomic mass is 16.5. The van der Waals surface area contributed by atoms with Crippen molar-refractivity contribution in [2.45, 2.75) is 71.7 Å². The van der Waals surface area contributed by atoms with Gasteiger partial charge >= 0.3 is 12.1 Å². The monoisotopic (exact) mass is 541 g/mol. The van der Waals surface area contributed by atoms with Gasteiger partial charge in [-0.2, -0.15) is 0 Å². The number of rotatable bonds is 14. The maximum Gasteiger partial charge on any atom is 0.408 e. The SMILES string of the molecule is CC(C)C[C@H](NC(=O)[C@@H](CC(C)C)NC(=O)OCc1ccccc1)C(=O)NC(Cc1cccc(O)c1)C(=O)O. The summed E-state index contributed by atoms with van der Waals surface area (Å²) in [6, 6.07) is 12.0. The van der Waals surface area contributed by atoms with Gasteiger partial charge in [-0.3, -0.25) is 9.59 Å². The average Bonchev–Trinajstić information content (AvgIpc) is 2.86. The molecule has 3 atom stereocenters. The number of carbonyl (C=O) groups is 4. The van der Waals surface area contributed by atoms with E-state index in [9.17, 15) is 29.4 Å². The van der Waals surface area contributed by atoms with E-state index in [1.165, 1.54) is 12.1 Å². The molecule has 10 heteroatoms. The molecule has 39 heavy (non-hydrogen) atoms. The van der Waals surface area contributed by atoms with E-state index in [1.54, 1.807) is 12.1 Å². The van der Waals surface area contributed by atoms with E-state index < -0.39 is 42.0 Å². The number of aromatic hydroxyl groups is 1. The molecule has 2 aromatic rings. The Morgan fingerprint density at radius 1 is 0.744 bits per heavy atom. The fraction of sp³-hybridized carbons (Fsp3) is 0.448. The maximum absolute atomic E-state index is 13.2. The van der Waals surface area contributed by atoms with Crippen LogP contribution in [-0.4, -0.2) is 52.2 Å². The van der Waals surface area contributed by atoms with Crippen LogP contribution in [0.25, 0.3) is 0 Å². The van der Waals surface area contributed by atoms with Gasteiger partial charge in [0.2, 0.25) is 11.8 Å². The molecule has 0 bridgehead atoms. The summed E-state index contributed by atoms with van der Waals surface area (Å²) in [4.78, 5) is 50.7. The fourth-order valence-electron chi connectivity index (χ4n) is 3.98. The molecular weight excluding hydrogens is 502 g/mol. The minimum absolute atomic E-state index is 0.00254. The highest BCUT2D eigenvalue weighted by Crippen LogP contribution is 2.14. The van der Waals surface area contributed by atoms with Crippen LogP contribution in [0.5, 0.6) is 5.75 Å². The van der Waals surface area contributed by atoms with Crippen LogP contribution < -0.4 is 16.0 Å². The number of aliphatic carboxylic acids is 1. The summed E-state index contributed by atoms with van der Waals surface area (Å²) < 4.78 is 5.26. The van der Waals surface area contributed by atoms with Gasteiger partial charge in [0.1, 0.15) is 30.5 Å². The normalized spacial score (nSPS) is 13.3. The Labute approximate surface area is 229 Å². The van der Waals surface area contributed by atoms with Gasteiger partial charge in [-0.25, -0.2) is 9.59 Å². The van der Waals surface area contributed by atoms with Gasteiger partial charge in [0.15, 0.2) is 0 Å². The van der Waals surface area contributed by atoms with Crippen LogP contribution in [0.1, 0.15) is 51.7 Å². The van der Waals surface area contributed by atoms with Gasteiger partial charge in [0, 0.05) is 6.42 Å². The minimum atomic E-state index is -1.27. The molecule has 0 saturated carbocycles. The first-order valence-corrected chi connectivity index (χ1v) is 13.0. The van der Waals surface area contributed by atoms with Crippen molar-refractivity contribution in [2.75, 3.05) is 0 Å². The first-order chi connectivity index (χ1) is 18.4. The smallest absolute Gasteiger partial charge is 0.408 e. The number of ether oxygens (including phenoxy) is 1. The van der Waals surface area contributed by atoms with E-state index in [4.69, 9.17) is 4.74 Å². The van der Waals surface area contributed by atoms with Gasteiger partial charge < -0.3 is 30.9 Å². The molecule has 1 unspecified atom stereocenters. The zero-order valence-corrected chi connectivity index (χ0v) is 22.8. The summed E-state index contributed by atoms with van der Waals surface area (Å²) in [6.07, 6.45) is -0.259. The number of carboxylic acids is 1. The van der Waals surface area contributed by atoms with Crippen molar-refractivity contribution in [3.8, 4) is 5.75 Å². The lowest BCUT2D eigenvalue weighted by Crippen LogP contribution is -2.56. The Hall–Kier alpha value is -4.08. The van der Waals surface area contributed by atoms with Crippen LogP contribution in [0.2, 0.25) is 0 Å². The van der Waals surface area contributed by atoms with Gasteiger partial charge in [-0.1, -0.05) is 70.2 Å². The third-order valence-electron chi connectivity index (χ3n) is 5.83. The van der Waals surface area contributed by atoms with Crippen LogP contribution in [-0.2, 0) is 32.1 Å². The minimum Gasteiger partial charge on any atom is -0.508 e. The highest BCUT2D eigenvalue weighted by Gasteiger charge is 2.30. The molecule has 0 saturated heterocycles. The van der Waals surface area contributed by atoms with E-state index in [0.29, 0.717) is 12.0 Å². The molecule has 0 fully saturated rings. The second-order valence-corrected chi connectivity index (χ2v) is 10.4. The molecule has 5 N–H and O–H groups in total. The van der Waals surface area contributed by atoms with Crippen molar-refractivity contribution in [3.05, 3.63) is 65.7 Å². The molecule has 3 amide bonds. The molecule has 0 heterocycles. The highest BCUT2D eigenvalue weighted by molar-refractivity contribution is 5.93.